The number of carboxylic acid groups (broad SMARTS) is 3. The predicted molar refractivity (Wildman–Crippen MR) is 228 cm³/mol. The monoisotopic (exact) mass is 881 g/mol. The number of ether oxygens (including phenoxy) is 5. The van der Waals surface area contributed by atoms with Crippen LogP contribution in [0.15, 0.2) is 24.3 Å². The van der Waals surface area contributed by atoms with Crippen LogP contribution in [0.25, 0.3) is 0 Å². The third-order valence-corrected chi connectivity index (χ3v) is 9.57. The molecule has 1 aromatic rings. The Morgan fingerprint density at radius 3 is 1.77 bits per heavy atom. The van der Waals surface area contributed by atoms with Gasteiger partial charge >= 0.3 is 17.9 Å². The lowest BCUT2D eigenvalue weighted by Gasteiger charge is -2.15. The van der Waals surface area contributed by atoms with Crippen molar-refractivity contribution in [1.29, 1.82) is 0 Å². The number of carbonyl (C=O) groups is 7. The zero-order valence-electron chi connectivity index (χ0n) is 36.5. The number of nitrogens with one attached hydrogen (secondary N) is 3. The number of benzene rings is 1. The molecule has 3 amide bonds. The highest BCUT2D eigenvalue weighted by Crippen LogP contribution is 2.16. The normalized spacial score (nSPS) is 12.0. The molecule has 0 saturated carbocycles. The van der Waals surface area contributed by atoms with Crippen LogP contribution in [-0.2, 0) is 47.7 Å². The van der Waals surface area contributed by atoms with Crippen molar-refractivity contribution in [1.82, 2.24) is 16.0 Å². The van der Waals surface area contributed by atoms with E-state index in [9.17, 15) is 43.8 Å². The Balaban J connectivity index is 1.90. The summed E-state index contributed by atoms with van der Waals surface area (Å²) in [6.07, 6.45) is 11.9. The smallest absolute Gasteiger partial charge is 0.335 e. The standard InChI is InChI=1S/C44H71N3O15/c1-2-13-34(42(52)53)14-9-10-23-45-39(49)22-21-38(44(56)57)47-41(51)33-61-31-29-59-27-24-46-40(50)32-60-30-28-58-25-12-16-36(48)15-8-6-4-3-5-7-11-26-62-37-19-17-35(18-20-37)43(54)55/h17-20,34,38H,2-16,21-33H2,1H3,(H,45,49)(H,46,50)(H,47,51)(H,52,53)(H,54,55)(H,56,57)/t34-,38-/m0/s1. The number of carboxylic acids is 3. The van der Waals surface area contributed by atoms with Gasteiger partial charge in [-0.3, -0.25) is 24.0 Å². The number of carbonyl (C=O) groups excluding carboxylic acids is 4. The van der Waals surface area contributed by atoms with Crippen molar-refractivity contribution in [2.45, 2.75) is 122 Å². The van der Waals surface area contributed by atoms with Gasteiger partial charge in [-0.25, -0.2) is 9.59 Å². The fourth-order valence-electron chi connectivity index (χ4n) is 6.11. The molecular formula is C44H71N3O15. The highest BCUT2D eigenvalue weighted by atomic mass is 16.5. The molecule has 0 fully saturated rings. The van der Waals surface area contributed by atoms with Gasteiger partial charge in [0.05, 0.1) is 51.1 Å². The zero-order valence-corrected chi connectivity index (χ0v) is 36.5. The lowest BCUT2D eigenvalue weighted by molar-refractivity contribution is -0.143. The minimum absolute atomic E-state index is 0.0581. The van der Waals surface area contributed by atoms with Crippen LogP contribution >= 0.6 is 0 Å². The van der Waals surface area contributed by atoms with Crippen LogP contribution in [0.3, 0.4) is 0 Å². The van der Waals surface area contributed by atoms with Crippen molar-refractivity contribution in [3.05, 3.63) is 29.8 Å². The number of ketones is 1. The highest BCUT2D eigenvalue weighted by Gasteiger charge is 2.21. The minimum atomic E-state index is -1.28. The van der Waals surface area contributed by atoms with Gasteiger partial charge in [0.15, 0.2) is 0 Å². The number of amides is 3. The van der Waals surface area contributed by atoms with Crippen molar-refractivity contribution >= 4 is 41.4 Å². The van der Waals surface area contributed by atoms with Crippen molar-refractivity contribution in [3.63, 3.8) is 0 Å². The summed E-state index contributed by atoms with van der Waals surface area (Å²) in [7, 11) is 0. The van der Waals surface area contributed by atoms with Crippen LogP contribution < -0.4 is 20.7 Å². The quantitative estimate of drug-likeness (QED) is 0.0492. The van der Waals surface area contributed by atoms with E-state index in [0.717, 1.165) is 51.4 Å². The van der Waals surface area contributed by atoms with Gasteiger partial charge in [0.25, 0.3) is 0 Å². The molecular weight excluding hydrogens is 810 g/mol. The summed E-state index contributed by atoms with van der Waals surface area (Å²) >= 11 is 0. The van der Waals surface area contributed by atoms with Crippen molar-refractivity contribution in [3.8, 4) is 5.75 Å². The lowest BCUT2D eigenvalue weighted by atomic mass is 9.97. The van der Waals surface area contributed by atoms with E-state index in [0.29, 0.717) is 77.1 Å². The van der Waals surface area contributed by atoms with Gasteiger partial charge in [0.1, 0.15) is 30.8 Å². The van der Waals surface area contributed by atoms with Gasteiger partial charge in [-0.2, -0.15) is 0 Å². The second kappa shape index (κ2) is 37.0. The maximum absolute atomic E-state index is 12.2. The van der Waals surface area contributed by atoms with Crippen LogP contribution in [0.5, 0.6) is 5.75 Å². The summed E-state index contributed by atoms with van der Waals surface area (Å²) in [5, 5.41) is 35.2. The molecule has 0 aliphatic heterocycles. The molecule has 0 aromatic heterocycles. The third-order valence-electron chi connectivity index (χ3n) is 9.57. The Morgan fingerprint density at radius 1 is 0.532 bits per heavy atom. The first-order chi connectivity index (χ1) is 29.9. The van der Waals surface area contributed by atoms with Crippen LogP contribution in [-0.4, -0.2) is 135 Å². The molecule has 62 heavy (non-hydrogen) atoms. The molecule has 352 valence electrons. The van der Waals surface area contributed by atoms with Gasteiger partial charge in [-0.05, 0) is 69.2 Å². The summed E-state index contributed by atoms with van der Waals surface area (Å²) in [6, 6.07) is 5.13. The Morgan fingerprint density at radius 2 is 1.13 bits per heavy atom. The minimum Gasteiger partial charge on any atom is -0.494 e. The van der Waals surface area contributed by atoms with E-state index in [2.05, 4.69) is 16.0 Å². The van der Waals surface area contributed by atoms with Gasteiger partial charge < -0.3 is 55.0 Å². The van der Waals surface area contributed by atoms with Gasteiger partial charge in [0.2, 0.25) is 17.7 Å². The van der Waals surface area contributed by atoms with Crippen LogP contribution in [0, 0.1) is 5.92 Å². The zero-order chi connectivity index (χ0) is 45.6. The molecule has 0 saturated heterocycles. The van der Waals surface area contributed by atoms with Gasteiger partial charge in [-0.1, -0.05) is 51.9 Å². The molecule has 0 aliphatic carbocycles. The first-order valence-electron chi connectivity index (χ1n) is 22.0. The molecule has 6 N–H and O–H groups in total. The Labute approximate surface area is 365 Å². The van der Waals surface area contributed by atoms with Crippen molar-refractivity contribution in [2.75, 3.05) is 72.6 Å². The fraction of sp³-hybridized carbons (Fsp3) is 0.705. The summed E-state index contributed by atoms with van der Waals surface area (Å²) in [6.45, 7) is 3.95. The number of rotatable bonds is 42. The van der Waals surface area contributed by atoms with E-state index < -0.39 is 42.4 Å². The number of Topliss-reactive ketones (excluding diaryl/α,β-unsaturated/α-hetero) is 1. The molecule has 0 bridgehead atoms. The van der Waals surface area contributed by atoms with Crippen LogP contribution in [0.4, 0.5) is 0 Å². The molecule has 0 radical (unpaired) electrons. The Hall–Kier alpha value is -4.65. The molecule has 2 atom stereocenters. The second-order valence-electron chi connectivity index (χ2n) is 14.9. The molecule has 1 rings (SSSR count). The second-order valence-corrected chi connectivity index (χ2v) is 14.9. The van der Waals surface area contributed by atoms with E-state index in [-0.39, 0.29) is 75.6 Å². The Kier molecular flexibility index (Phi) is 33.0. The molecule has 18 heteroatoms. The van der Waals surface area contributed by atoms with Crippen LogP contribution in [0.2, 0.25) is 0 Å². The average molecular weight is 882 g/mol. The number of aliphatic carboxylic acids is 2. The topological polar surface area (TPSA) is 262 Å². The van der Waals surface area contributed by atoms with Gasteiger partial charge in [-0.15, -0.1) is 0 Å². The Bertz CT molecular complexity index is 1430. The predicted octanol–water partition coefficient (Wildman–Crippen LogP) is 4.55. The molecule has 0 heterocycles. The molecule has 0 spiro atoms. The molecule has 0 aliphatic rings. The SMILES string of the molecule is CCC[C@@H](CCCCNC(=O)CC[C@H](NC(=O)COCCOCCNC(=O)COCCOCCCC(=O)CCCCCCCCCOc1ccc(C(=O)O)cc1)C(=O)O)C(=O)O. The summed E-state index contributed by atoms with van der Waals surface area (Å²) in [4.78, 5) is 82.0. The highest BCUT2D eigenvalue weighted by molar-refractivity contribution is 5.87. The molecule has 0 unspecified atom stereocenters. The number of unbranched alkanes of at least 4 members (excludes halogenated alkanes) is 7. The molecule has 1 aromatic carbocycles. The lowest BCUT2D eigenvalue weighted by Crippen LogP contribution is -2.43. The van der Waals surface area contributed by atoms with E-state index >= 15 is 0 Å². The molecule has 18 nitrogen and oxygen atoms in total. The number of aromatic carboxylic acids is 1. The van der Waals surface area contributed by atoms with E-state index in [4.69, 9.17) is 28.8 Å². The third kappa shape index (κ3) is 31.2. The number of hydrogen-bond donors (Lipinski definition) is 6. The average Bonchev–Trinajstić information content (AvgIpc) is 3.24. The maximum atomic E-state index is 12.2. The van der Waals surface area contributed by atoms with Crippen molar-refractivity contribution in [2.24, 2.45) is 5.92 Å². The fourth-order valence-corrected chi connectivity index (χ4v) is 6.11. The first-order valence-corrected chi connectivity index (χ1v) is 22.0. The van der Waals surface area contributed by atoms with E-state index in [1.807, 2.05) is 6.92 Å². The van der Waals surface area contributed by atoms with Gasteiger partial charge in [0, 0.05) is 39.0 Å². The summed E-state index contributed by atoms with van der Waals surface area (Å²) in [5.41, 5.74) is 0.237. The summed E-state index contributed by atoms with van der Waals surface area (Å²) in [5.74, 6) is -3.87. The largest absolute Gasteiger partial charge is 0.494 e. The maximum Gasteiger partial charge on any atom is 0.335 e. The number of hydrogen-bond acceptors (Lipinski definition) is 12. The van der Waals surface area contributed by atoms with E-state index in [1.165, 1.54) is 12.1 Å². The van der Waals surface area contributed by atoms with E-state index in [1.54, 1.807) is 12.1 Å². The van der Waals surface area contributed by atoms with Crippen molar-refractivity contribution < 1.29 is 72.6 Å². The van der Waals surface area contributed by atoms with Crippen LogP contribution in [0.1, 0.15) is 126 Å². The summed E-state index contributed by atoms with van der Waals surface area (Å²) < 4.78 is 27.0. The first kappa shape index (κ1) is 55.4.